The molecule has 1 aliphatic heterocycles. The molecule has 51 heavy (non-hydrogen) atoms. The van der Waals surface area contributed by atoms with E-state index >= 15 is 0 Å². The van der Waals surface area contributed by atoms with Gasteiger partial charge < -0.3 is 50.5 Å². The van der Waals surface area contributed by atoms with E-state index < -0.39 is 74.2 Å². The van der Waals surface area contributed by atoms with Crippen molar-refractivity contribution in [2.75, 3.05) is 13.2 Å². The topological polar surface area (TPSA) is 189 Å². The van der Waals surface area contributed by atoms with Crippen LogP contribution in [0.2, 0.25) is 0 Å². The number of aliphatic hydroxyl groups is 7. The Kier molecular flexibility index (Phi) is 29.3. The van der Waals surface area contributed by atoms with Crippen molar-refractivity contribution in [2.24, 2.45) is 0 Å². The standard InChI is InChI=1S/C40H77NO10/c1-3-5-7-9-11-13-15-17-19-21-23-25-27-32(43)35(45)31(30-50-40-38(48)37(47)36(46)34(29-42)51-40)41-39(49)33(44)28-26-24-22-20-18-16-14-12-10-8-6-4-2/h23,25,31-38,40,42-48H,3-22,24,26-30H2,1-2H3,(H,41,49). The summed E-state index contributed by atoms with van der Waals surface area (Å²) in [6.07, 6.45) is 18.5. The van der Waals surface area contributed by atoms with Crippen LogP contribution < -0.4 is 5.32 Å². The number of allylic oxidation sites excluding steroid dienone is 1. The third-order valence-corrected chi connectivity index (χ3v) is 10.1. The summed E-state index contributed by atoms with van der Waals surface area (Å²) >= 11 is 0. The summed E-state index contributed by atoms with van der Waals surface area (Å²) in [7, 11) is 0. The lowest BCUT2D eigenvalue weighted by Crippen LogP contribution is -2.60. The molecule has 1 fully saturated rings. The lowest BCUT2D eigenvalue weighted by atomic mass is 9.99. The highest BCUT2D eigenvalue weighted by Gasteiger charge is 2.44. The van der Waals surface area contributed by atoms with Crippen molar-refractivity contribution in [3.63, 3.8) is 0 Å². The molecule has 1 rings (SSSR count). The Morgan fingerprint density at radius 3 is 1.69 bits per heavy atom. The van der Waals surface area contributed by atoms with Gasteiger partial charge in [0.1, 0.15) is 36.6 Å². The molecule has 1 amide bonds. The molecule has 0 aromatic heterocycles. The summed E-state index contributed by atoms with van der Waals surface area (Å²) in [4.78, 5) is 13.0. The number of hydrogen-bond acceptors (Lipinski definition) is 10. The fourth-order valence-corrected chi connectivity index (χ4v) is 6.55. The molecule has 1 saturated heterocycles. The maximum Gasteiger partial charge on any atom is 0.249 e. The highest BCUT2D eigenvalue weighted by molar-refractivity contribution is 5.80. The molecule has 9 atom stereocenters. The van der Waals surface area contributed by atoms with Crippen molar-refractivity contribution in [3.05, 3.63) is 12.2 Å². The first kappa shape index (κ1) is 47.9. The van der Waals surface area contributed by atoms with Crippen LogP contribution in [0.4, 0.5) is 0 Å². The molecule has 0 aromatic rings. The quantitative estimate of drug-likeness (QED) is 0.0324. The first-order valence-corrected chi connectivity index (χ1v) is 20.6. The largest absolute Gasteiger partial charge is 0.394 e. The number of ether oxygens (including phenoxy) is 2. The zero-order valence-corrected chi connectivity index (χ0v) is 32.1. The summed E-state index contributed by atoms with van der Waals surface area (Å²) < 4.78 is 11.0. The van der Waals surface area contributed by atoms with Gasteiger partial charge in [0.25, 0.3) is 0 Å². The van der Waals surface area contributed by atoms with Gasteiger partial charge in [-0.2, -0.15) is 0 Å². The number of hydrogen-bond donors (Lipinski definition) is 8. The Balaban J connectivity index is 2.57. The molecular weight excluding hydrogens is 654 g/mol. The normalized spacial score (nSPS) is 23.4. The van der Waals surface area contributed by atoms with Crippen LogP contribution in [0.15, 0.2) is 12.2 Å². The molecule has 0 saturated carbocycles. The summed E-state index contributed by atoms with van der Waals surface area (Å²) in [5.74, 6) is -0.715. The van der Waals surface area contributed by atoms with E-state index in [0.717, 1.165) is 38.5 Å². The molecule has 0 aromatic carbocycles. The fraction of sp³-hybridized carbons (Fsp3) is 0.925. The molecule has 9 unspecified atom stereocenters. The van der Waals surface area contributed by atoms with Crippen LogP contribution in [0.25, 0.3) is 0 Å². The number of aliphatic hydroxyl groups excluding tert-OH is 7. The number of carbonyl (C=O) groups excluding carboxylic acids is 1. The van der Waals surface area contributed by atoms with Crippen LogP contribution in [0.5, 0.6) is 0 Å². The van der Waals surface area contributed by atoms with Crippen molar-refractivity contribution >= 4 is 5.91 Å². The molecule has 11 heteroatoms. The zero-order valence-electron chi connectivity index (χ0n) is 32.1. The van der Waals surface area contributed by atoms with Crippen molar-refractivity contribution < 1.29 is 50.0 Å². The zero-order chi connectivity index (χ0) is 37.7. The van der Waals surface area contributed by atoms with E-state index in [9.17, 15) is 40.5 Å². The van der Waals surface area contributed by atoms with Crippen LogP contribution >= 0.6 is 0 Å². The predicted molar refractivity (Wildman–Crippen MR) is 201 cm³/mol. The Hall–Kier alpha value is -1.15. The van der Waals surface area contributed by atoms with E-state index in [1.54, 1.807) is 6.08 Å². The molecule has 11 nitrogen and oxygen atoms in total. The molecule has 1 heterocycles. The minimum Gasteiger partial charge on any atom is -0.394 e. The van der Waals surface area contributed by atoms with Gasteiger partial charge in [0.2, 0.25) is 5.91 Å². The van der Waals surface area contributed by atoms with E-state index in [1.165, 1.54) is 96.3 Å². The number of nitrogens with one attached hydrogen (secondary N) is 1. The van der Waals surface area contributed by atoms with Gasteiger partial charge in [-0.25, -0.2) is 0 Å². The predicted octanol–water partition coefficient (Wildman–Crippen LogP) is 5.33. The highest BCUT2D eigenvalue weighted by Crippen LogP contribution is 2.23. The van der Waals surface area contributed by atoms with Gasteiger partial charge in [0.05, 0.1) is 25.4 Å². The highest BCUT2D eigenvalue weighted by atomic mass is 16.7. The second-order valence-corrected chi connectivity index (χ2v) is 14.7. The second kappa shape index (κ2) is 31.2. The third-order valence-electron chi connectivity index (χ3n) is 10.1. The van der Waals surface area contributed by atoms with Crippen molar-refractivity contribution in [1.29, 1.82) is 0 Å². The van der Waals surface area contributed by atoms with Gasteiger partial charge in [-0.1, -0.05) is 154 Å². The van der Waals surface area contributed by atoms with E-state index in [2.05, 4.69) is 19.2 Å². The molecule has 1 aliphatic rings. The maximum absolute atomic E-state index is 13.0. The number of unbranched alkanes of at least 4 members (excludes halogenated alkanes) is 20. The van der Waals surface area contributed by atoms with Gasteiger partial charge >= 0.3 is 0 Å². The van der Waals surface area contributed by atoms with Crippen LogP contribution in [0, 0.1) is 0 Å². The van der Waals surface area contributed by atoms with E-state index in [4.69, 9.17) is 9.47 Å². The molecule has 302 valence electrons. The van der Waals surface area contributed by atoms with Crippen molar-refractivity contribution in [1.82, 2.24) is 5.32 Å². The Bertz CT molecular complexity index is 846. The van der Waals surface area contributed by atoms with Gasteiger partial charge in [-0.3, -0.25) is 4.79 Å². The van der Waals surface area contributed by atoms with Crippen LogP contribution in [-0.2, 0) is 14.3 Å². The molecule has 0 radical (unpaired) electrons. The minimum atomic E-state index is -1.67. The average molecular weight is 732 g/mol. The fourth-order valence-electron chi connectivity index (χ4n) is 6.55. The van der Waals surface area contributed by atoms with Crippen LogP contribution in [0.1, 0.15) is 168 Å². The lowest BCUT2D eigenvalue weighted by molar-refractivity contribution is -0.303. The Morgan fingerprint density at radius 1 is 0.686 bits per heavy atom. The van der Waals surface area contributed by atoms with Crippen LogP contribution in [0.3, 0.4) is 0 Å². The van der Waals surface area contributed by atoms with Gasteiger partial charge in [-0.15, -0.1) is 0 Å². The molecule has 0 bridgehead atoms. The Morgan fingerprint density at radius 2 is 1.18 bits per heavy atom. The van der Waals surface area contributed by atoms with Crippen LogP contribution in [-0.4, -0.2) is 110 Å². The smallest absolute Gasteiger partial charge is 0.249 e. The molecule has 8 N–H and O–H groups in total. The number of rotatable bonds is 33. The first-order chi connectivity index (χ1) is 24.7. The van der Waals surface area contributed by atoms with Crippen molar-refractivity contribution in [3.8, 4) is 0 Å². The molecule has 0 spiro atoms. The average Bonchev–Trinajstić information content (AvgIpc) is 3.13. The Labute approximate surface area is 309 Å². The number of amides is 1. The minimum absolute atomic E-state index is 0.131. The van der Waals surface area contributed by atoms with Gasteiger partial charge in [-0.05, 0) is 25.7 Å². The molecular formula is C40H77NO10. The summed E-state index contributed by atoms with van der Waals surface area (Å²) in [5, 5.41) is 75.2. The monoisotopic (exact) mass is 732 g/mol. The second-order valence-electron chi connectivity index (χ2n) is 14.7. The SMILES string of the molecule is CCCCCCCCCCCC=CCC(O)C(O)C(COC1OC(CO)C(O)C(O)C1O)NC(=O)C(O)CCCCCCCCCCCCCC. The van der Waals surface area contributed by atoms with Gasteiger partial charge in [0.15, 0.2) is 6.29 Å². The summed E-state index contributed by atoms with van der Waals surface area (Å²) in [5.41, 5.74) is 0. The lowest BCUT2D eigenvalue weighted by Gasteiger charge is -2.40. The molecule has 0 aliphatic carbocycles. The number of carbonyl (C=O) groups is 1. The third kappa shape index (κ3) is 22.0. The summed E-state index contributed by atoms with van der Waals surface area (Å²) in [6, 6.07) is -1.19. The van der Waals surface area contributed by atoms with E-state index in [0.29, 0.717) is 6.42 Å². The van der Waals surface area contributed by atoms with Gasteiger partial charge in [0, 0.05) is 0 Å². The van der Waals surface area contributed by atoms with E-state index in [-0.39, 0.29) is 12.8 Å². The first-order valence-electron chi connectivity index (χ1n) is 20.6. The summed E-state index contributed by atoms with van der Waals surface area (Å²) in [6.45, 7) is 3.37. The maximum atomic E-state index is 13.0. The van der Waals surface area contributed by atoms with Crippen molar-refractivity contribution in [2.45, 2.75) is 223 Å². The van der Waals surface area contributed by atoms with E-state index in [1.807, 2.05) is 6.08 Å².